The molecule has 2 aliphatic rings. The minimum Gasteiger partial charge on any atom is -0.463 e. The number of carbonyl (C=O) groups excluding carboxylic acids is 1. The number of nitrogens with zero attached hydrogens (tertiary/aromatic N) is 1. The Bertz CT molecular complexity index is 1270. The number of halogens is 6. The second kappa shape index (κ2) is 7.84. The molecule has 0 N–H and O–H groups in total. The minimum absolute atomic E-state index is 0.0163. The highest BCUT2D eigenvalue weighted by Gasteiger charge is 2.57. The molecule has 2 aromatic carbocycles. The van der Waals surface area contributed by atoms with E-state index >= 15 is 0 Å². The summed E-state index contributed by atoms with van der Waals surface area (Å²) >= 11 is 0. The number of ether oxygens (including phenoxy) is 1. The van der Waals surface area contributed by atoms with E-state index in [1.54, 1.807) is 0 Å². The third kappa shape index (κ3) is 3.68. The minimum atomic E-state index is -5.14. The van der Waals surface area contributed by atoms with Gasteiger partial charge in [-0.3, -0.25) is 0 Å². The summed E-state index contributed by atoms with van der Waals surface area (Å²) in [4.78, 5) is 12.2. The van der Waals surface area contributed by atoms with Crippen molar-refractivity contribution in [3.05, 3.63) is 76.4 Å². The zero-order chi connectivity index (χ0) is 25.1. The van der Waals surface area contributed by atoms with Gasteiger partial charge in [-0.25, -0.2) is 13.2 Å². The van der Waals surface area contributed by atoms with Crippen LogP contribution >= 0.6 is 0 Å². The van der Waals surface area contributed by atoms with E-state index in [-0.39, 0.29) is 28.7 Å². The molecule has 2 aliphatic heterocycles. The quantitative estimate of drug-likeness (QED) is 0.442. The molecule has 0 aromatic heterocycles. The van der Waals surface area contributed by atoms with E-state index in [0.717, 1.165) is 4.31 Å². The molecule has 182 valence electrons. The summed E-state index contributed by atoms with van der Waals surface area (Å²) < 4.78 is 114. The lowest BCUT2D eigenvalue weighted by Gasteiger charge is -2.41. The van der Waals surface area contributed by atoms with E-state index in [1.807, 2.05) is 0 Å². The van der Waals surface area contributed by atoms with Gasteiger partial charge in [0.05, 0.1) is 28.2 Å². The summed E-state index contributed by atoms with van der Waals surface area (Å²) in [5, 5.41) is 0. The topological polar surface area (TPSA) is 63.7 Å². The number of fused-ring (bicyclic) bond motifs is 3. The van der Waals surface area contributed by atoms with Gasteiger partial charge in [0.2, 0.25) is 10.0 Å². The molecule has 0 spiro atoms. The maximum atomic E-state index is 13.6. The van der Waals surface area contributed by atoms with Crippen molar-refractivity contribution < 1.29 is 44.3 Å². The first-order chi connectivity index (χ1) is 15.7. The van der Waals surface area contributed by atoms with Crippen LogP contribution in [-0.4, -0.2) is 31.8 Å². The van der Waals surface area contributed by atoms with Crippen molar-refractivity contribution in [1.82, 2.24) is 4.31 Å². The largest absolute Gasteiger partial charge is 0.463 e. The predicted octanol–water partition coefficient (Wildman–Crippen LogP) is 4.87. The number of hydrogen-bond donors (Lipinski definition) is 0. The molecule has 0 radical (unpaired) electrons. The molecule has 34 heavy (non-hydrogen) atoms. The van der Waals surface area contributed by atoms with E-state index in [0.29, 0.717) is 12.1 Å². The van der Waals surface area contributed by atoms with E-state index < -0.39 is 63.5 Å². The molecule has 12 heteroatoms. The van der Waals surface area contributed by atoms with Crippen molar-refractivity contribution in [2.24, 2.45) is 0 Å². The number of sulfonamides is 1. The first-order valence-corrected chi connectivity index (χ1v) is 11.5. The zero-order valence-corrected chi connectivity index (χ0v) is 18.3. The number of carbonyl (C=O) groups is 1. The molecule has 1 unspecified atom stereocenters. The monoisotopic (exact) mass is 505 g/mol. The number of hydrogen-bond acceptors (Lipinski definition) is 4. The molecule has 2 heterocycles. The van der Waals surface area contributed by atoms with Gasteiger partial charge in [-0.15, -0.1) is 0 Å². The maximum absolute atomic E-state index is 13.6. The van der Waals surface area contributed by atoms with Gasteiger partial charge >= 0.3 is 18.3 Å². The van der Waals surface area contributed by atoms with Crippen molar-refractivity contribution in [2.45, 2.75) is 36.1 Å². The molecular formula is C22H17F6NO4S. The Morgan fingerprint density at radius 1 is 1.03 bits per heavy atom. The van der Waals surface area contributed by atoms with Crippen LogP contribution in [0.5, 0.6) is 0 Å². The molecular weight excluding hydrogens is 488 g/mol. The van der Waals surface area contributed by atoms with Gasteiger partial charge in [-0.05, 0) is 42.3 Å². The summed E-state index contributed by atoms with van der Waals surface area (Å²) in [5.41, 5.74) is -5.78. The number of benzene rings is 2. The van der Waals surface area contributed by atoms with Crippen LogP contribution in [-0.2, 0) is 37.4 Å². The van der Waals surface area contributed by atoms with Crippen molar-refractivity contribution in [3.8, 4) is 0 Å². The Morgan fingerprint density at radius 3 is 2.18 bits per heavy atom. The van der Waals surface area contributed by atoms with Crippen LogP contribution in [0.1, 0.15) is 35.6 Å². The highest BCUT2D eigenvalue weighted by Crippen LogP contribution is 2.54. The van der Waals surface area contributed by atoms with Crippen LogP contribution < -0.4 is 0 Å². The molecule has 4 rings (SSSR count). The highest BCUT2D eigenvalue weighted by atomic mass is 32.2. The van der Waals surface area contributed by atoms with Crippen LogP contribution in [0, 0.1) is 0 Å². The van der Waals surface area contributed by atoms with Crippen molar-refractivity contribution >= 4 is 16.0 Å². The van der Waals surface area contributed by atoms with Crippen LogP contribution in [0.15, 0.2) is 59.0 Å². The van der Waals surface area contributed by atoms with Gasteiger partial charge < -0.3 is 4.74 Å². The van der Waals surface area contributed by atoms with Gasteiger partial charge in [0.25, 0.3) is 0 Å². The Balaban J connectivity index is 2.07. The molecule has 2 aromatic rings. The van der Waals surface area contributed by atoms with Crippen LogP contribution in [0.3, 0.4) is 0 Å². The zero-order valence-electron chi connectivity index (χ0n) is 17.5. The van der Waals surface area contributed by atoms with E-state index in [9.17, 15) is 39.6 Å². The molecule has 0 saturated heterocycles. The highest BCUT2D eigenvalue weighted by molar-refractivity contribution is 7.89. The van der Waals surface area contributed by atoms with Crippen LogP contribution in [0.2, 0.25) is 0 Å². The molecule has 1 atom stereocenters. The molecule has 0 bridgehead atoms. The van der Waals surface area contributed by atoms with E-state index in [2.05, 4.69) is 0 Å². The smallest absolute Gasteiger partial charge is 0.416 e. The second-order valence-corrected chi connectivity index (χ2v) is 9.64. The number of alkyl halides is 6. The normalized spacial score (nSPS) is 22.0. The van der Waals surface area contributed by atoms with Gasteiger partial charge in [0.15, 0.2) is 0 Å². The molecule has 0 aliphatic carbocycles. The maximum Gasteiger partial charge on any atom is 0.416 e. The predicted molar refractivity (Wildman–Crippen MR) is 107 cm³/mol. The van der Waals surface area contributed by atoms with Crippen LogP contribution in [0.25, 0.3) is 0 Å². The fourth-order valence-electron chi connectivity index (χ4n) is 4.44. The summed E-state index contributed by atoms with van der Waals surface area (Å²) in [6.45, 7) is 1.06. The third-order valence-electron chi connectivity index (χ3n) is 5.88. The van der Waals surface area contributed by atoms with E-state index in [4.69, 9.17) is 4.74 Å². The lowest BCUT2D eigenvalue weighted by atomic mass is 9.75. The van der Waals surface area contributed by atoms with Crippen molar-refractivity contribution in [3.63, 3.8) is 0 Å². The number of rotatable bonds is 3. The summed E-state index contributed by atoms with van der Waals surface area (Å²) in [7, 11) is -4.30. The summed E-state index contributed by atoms with van der Waals surface area (Å²) in [5.74, 6) is -0.827. The lowest BCUT2D eigenvalue weighted by Crippen LogP contribution is -2.48. The van der Waals surface area contributed by atoms with Crippen molar-refractivity contribution in [2.75, 3.05) is 13.2 Å². The lowest BCUT2D eigenvalue weighted by molar-refractivity contribution is -0.143. The Kier molecular flexibility index (Phi) is 5.60. The molecule has 5 nitrogen and oxygen atoms in total. The molecule has 0 saturated carbocycles. The average Bonchev–Trinajstić information content (AvgIpc) is 2.97. The fourth-order valence-corrected chi connectivity index (χ4v) is 6.40. The molecule has 0 amide bonds. The second-order valence-electron chi connectivity index (χ2n) is 7.81. The third-order valence-corrected chi connectivity index (χ3v) is 7.83. The number of esters is 1. The first-order valence-electron chi connectivity index (χ1n) is 10.0. The Labute approximate surface area is 190 Å². The van der Waals surface area contributed by atoms with Gasteiger partial charge in [0.1, 0.15) is 0 Å². The van der Waals surface area contributed by atoms with Gasteiger partial charge in [0, 0.05) is 18.5 Å². The Hall–Kier alpha value is -2.86. The van der Waals surface area contributed by atoms with Gasteiger partial charge in [-0.1, -0.05) is 24.3 Å². The van der Waals surface area contributed by atoms with Gasteiger partial charge in [-0.2, -0.15) is 30.6 Å². The van der Waals surface area contributed by atoms with Crippen LogP contribution in [0.4, 0.5) is 26.3 Å². The Morgan fingerprint density at radius 2 is 1.62 bits per heavy atom. The fraction of sp³-hybridized carbons (Fsp3) is 0.318. The molecule has 0 fully saturated rings. The summed E-state index contributed by atoms with van der Waals surface area (Å²) in [6.07, 6.45) is -9.51. The van der Waals surface area contributed by atoms with E-state index in [1.165, 1.54) is 37.3 Å². The average molecular weight is 505 g/mol. The van der Waals surface area contributed by atoms with Crippen molar-refractivity contribution in [1.29, 1.82) is 0 Å². The first kappa shape index (κ1) is 24.3. The standard InChI is InChI=1S/C22H17F6NO4S/c1-2-33-19(30)13-7-8-29-20(12-13,17-5-3-4-6-18(17)34(29,31)32)14-9-15(21(23,24)25)11-16(10-14)22(26,27)28/h3-7,9-11H,2,8,12H2,1H3. The summed E-state index contributed by atoms with van der Waals surface area (Å²) in [6, 6.07) is 6.38. The SMILES string of the molecule is CCOC(=O)C1=CCN2C(c3cc(C(F)(F)F)cc(C(F)(F)F)c3)(C1)c1ccccc1S2(=O)=O.